The summed E-state index contributed by atoms with van der Waals surface area (Å²) in [6, 6.07) is 1.19. The standard InChI is InChI=1S/C15H31N5.HI/c1-4-16-15(18-14-6-7-14)17-12-13(3)20-10-8-19(5-2)9-11-20;/h13-14H,4-12H2,1-3H3,(H2,16,17,18);1H. The van der Waals surface area contributed by atoms with E-state index in [1.165, 1.54) is 45.6 Å². The number of aliphatic imine (C=N–C) groups is 1. The van der Waals surface area contributed by atoms with E-state index in [0.717, 1.165) is 19.0 Å². The molecule has 1 aliphatic carbocycles. The maximum Gasteiger partial charge on any atom is 0.191 e. The van der Waals surface area contributed by atoms with E-state index in [-0.39, 0.29) is 24.0 Å². The third kappa shape index (κ3) is 6.69. The molecule has 1 aliphatic heterocycles. The molecule has 1 saturated heterocycles. The summed E-state index contributed by atoms with van der Waals surface area (Å²) in [7, 11) is 0. The van der Waals surface area contributed by atoms with E-state index in [1.54, 1.807) is 0 Å². The minimum absolute atomic E-state index is 0. The normalized spacial score (nSPS) is 22.5. The fourth-order valence-electron chi connectivity index (χ4n) is 2.60. The van der Waals surface area contributed by atoms with Gasteiger partial charge in [0.1, 0.15) is 0 Å². The van der Waals surface area contributed by atoms with Crippen LogP contribution in [0.3, 0.4) is 0 Å². The lowest BCUT2D eigenvalue weighted by molar-refractivity contribution is 0.109. The molecule has 0 radical (unpaired) electrons. The Morgan fingerprint density at radius 1 is 1.19 bits per heavy atom. The Bertz CT molecular complexity index is 311. The van der Waals surface area contributed by atoms with Gasteiger partial charge >= 0.3 is 0 Å². The summed E-state index contributed by atoms with van der Waals surface area (Å²) < 4.78 is 0. The second-order valence-corrected chi connectivity index (χ2v) is 5.96. The smallest absolute Gasteiger partial charge is 0.191 e. The number of halogens is 1. The third-order valence-corrected chi connectivity index (χ3v) is 4.25. The van der Waals surface area contributed by atoms with Crippen LogP contribution < -0.4 is 10.6 Å². The zero-order valence-corrected chi connectivity index (χ0v) is 16.1. The minimum Gasteiger partial charge on any atom is -0.357 e. The highest BCUT2D eigenvalue weighted by Crippen LogP contribution is 2.18. The number of hydrogen-bond acceptors (Lipinski definition) is 3. The lowest BCUT2D eigenvalue weighted by Gasteiger charge is -2.37. The predicted molar refractivity (Wildman–Crippen MR) is 101 cm³/mol. The Hall–Kier alpha value is -0.0800. The predicted octanol–water partition coefficient (Wildman–Crippen LogP) is 1.35. The van der Waals surface area contributed by atoms with Crippen molar-refractivity contribution in [2.75, 3.05) is 45.8 Å². The van der Waals surface area contributed by atoms with Crippen molar-refractivity contribution in [2.24, 2.45) is 4.99 Å². The number of rotatable bonds is 6. The van der Waals surface area contributed by atoms with Crippen LogP contribution in [-0.4, -0.2) is 73.7 Å². The molecule has 2 aliphatic rings. The SMILES string of the molecule is CCNC(=NCC(C)N1CCN(CC)CC1)NC1CC1.I. The van der Waals surface area contributed by atoms with E-state index < -0.39 is 0 Å². The Balaban J connectivity index is 0.00000220. The molecular formula is C15H32IN5. The van der Waals surface area contributed by atoms with Crippen LogP contribution in [0.5, 0.6) is 0 Å². The van der Waals surface area contributed by atoms with Crippen molar-refractivity contribution < 1.29 is 0 Å². The van der Waals surface area contributed by atoms with E-state index in [4.69, 9.17) is 4.99 Å². The first-order valence-electron chi connectivity index (χ1n) is 8.24. The zero-order valence-electron chi connectivity index (χ0n) is 13.8. The van der Waals surface area contributed by atoms with Gasteiger partial charge in [-0.15, -0.1) is 24.0 Å². The van der Waals surface area contributed by atoms with E-state index >= 15 is 0 Å². The average molecular weight is 409 g/mol. The van der Waals surface area contributed by atoms with Crippen molar-refractivity contribution in [1.29, 1.82) is 0 Å². The third-order valence-electron chi connectivity index (χ3n) is 4.25. The molecule has 1 saturated carbocycles. The second-order valence-electron chi connectivity index (χ2n) is 5.96. The fraction of sp³-hybridized carbons (Fsp3) is 0.933. The van der Waals surface area contributed by atoms with Crippen molar-refractivity contribution in [2.45, 2.75) is 45.7 Å². The van der Waals surface area contributed by atoms with Crippen molar-refractivity contribution in [3.05, 3.63) is 0 Å². The Kier molecular flexibility index (Phi) is 8.89. The number of hydrogen-bond donors (Lipinski definition) is 2. The van der Waals surface area contributed by atoms with Crippen LogP contribution in [0.4, 0.5) is 0 Å². The first-order chi connectivity index (χ1) is 9.72. The van der Waals surface area contributed by atoms with Gasteiger partial charge in [-0.25, -0.2) is 0 Å². The summed E-state index contributed by atoms with van der Waals surface area (Å²) in [5.41, 5.74) is 0. The van der Waals surface area contributed by atoms with Gasteiger partial charge in [0.25, 0.3) is 0 Å². The first-order valence-corrected chi connectivity index (χ1v) is 8.24. The number of guanidine groups is 1. The van der Waals surface area contributed by atoms with Crippen molar-refractivity contribution in [1.82, 2.24) is 20.4 Å². The monoisotopic (exact) mass is 409 g/mol. The van der Waals surface area contributed by atoms with Gasteiger partial charge in [-0.1, -0.05) is 6.92 Å². The molecule has 2 fully saturated rings. The molecular weight excluding hydrogens is 377 g/mol. The summed E-state index contributed by atoms with van der Waals surface area (Å²) in [5, 5.41) is 6.82. The molecule has 0 bridgehead atoms. The molecule has 0 aromatic heterocycles. The van der Waals surface area contributed by atoms with Crippen molar-refractivity contribution >= 4 is 29.9 Å². The molecule has 0 spiro atoms. The van der Waals surface area contributed by atoms with E-state index in [9.17, 15) is 0 Å². The quantitative estimate of drug-likeness (QED) is 0.395. The lowest BCUT2D eigenvalue weighted by Crippen LogP contribution is -2.50. The summed E-state index contributed by atoms with van der Waals surface area (Å²) in [6.45, 7) is 14.4. The Morgan fingerprint density at radius 2 is 1.86 bits per heavy atom. The highest BCUT2D eigenvalue weighted by molar-refractivity contribution is 14.0. The summed E-state index contributed by atoms with van der Waals surface area (Å²) in [5.74, 6) is 0.994. The Labute approximate surface area is 146 Å². The van der Waals surface area contributed by atoms with E-state index in [0.29, 0.717) is 12.1 Å². The number of piperazine rings is 1. The average Bonchev–Trinajstić information content (AvgIpc) is 3.29. The van der Waals surface area contributed by atoms with Gasteiger partial charge in [-0.05, 0) is 33.2 Å². The molecule has 0 aromatic rings. The maximum absolute atomic E-state index is 4.75. The van der Waals surface area contributed by atoms with Crippen LogP contribution in [-0.2, 0) is 0 Å². The summed E-state index contributed by atoms with van der Waals surface area (Å²) in [6.07, 6.45) is 2.58. The number of nitrogens with one attached hydrogen (secondary N) is 2. The molecule has 0 aromatic carbocycles. The molecule has 124 valence electrons. The number of nitrogens with zero attached hydrogens (tertiary/aromatic N) is 3. The lowest BCUT2D eigenvalue weighted by atomic mass is 10.2. The molecule has 5 nitrogen and oxygen atoms in total. The molecule has 2 N–H and O–H groups in total. The minimum atomic E-state index is 0. The van der Waals surface area contributed by atoms with Crippen LogP contribution in [0, 0.1) is 0 Å². The van der Waals surface area contributed by atoms with Crippen molar-refractivity contribution in [3.63, 3.8) is 0 Å². The van der Waals surface area contributed by atoms with Gasteiger partial charge in [-0.3, -0.25) is 9.89 Å². The van der Waals surface area contributed by atoms with Crippen LogP contribution in [0.2, 0.25) is 0 Å². The van der Waals surface area contributed by atoms with Gasteiger partial charge in [0, 0.05) is 44.8 Å². The van der Waals surface area contributed by atoms with Gasteiger partial charge in [-0.2, -0.15) is 0 Å². The second kappa shape index (κ2) is 9.84. The molecule has 1 unspecified atom stereocenters. The molecule has 1 atom stereocenters. The van der Waals surface area contributed by atoms with Crippen LogP contribution in [0.1, 0.15) is 33.6 Å². The van der Waals surface area contributed by atoms with Crippen LogP contribution in [0.15, 0.2) is 4.99 Å². The topological polar surface area (TPSA) is 42.9 Å². The van der Waals surface area contributed by atoms with Gasteiger partial charge in [0.15, 0.2) is 5.96 Å². The Morgan fingerprint density at radius 3 is 2.38 bits per heavy atom. The first kappa shape index (κ1) is 19.0. The largest absolute Gasteiger partial charge is 0.357 e. The molecule has 2 rings (SSSR count). The summed E-state index contributed by atoms with van der Waals surface area (Å²) >= 11 is 0. The molecule has 21 heavy (non-hydrogen) atoms. The molecule has 0 amide bonds. The van der Waals surface area contributed by atoms with Crippen LogP contribution >= 0.6 is 24.0 Å². The van der Waals surface area contributed by atoms with E-state index in [1.807, 2.05) is 0 Å². The maximum atomic E-state index is 4.75. The van der Waals surface area contributed by atoms with E-state index in [2.05, 4.69) is 41.2 Å². The highest BCUT2D eigenvalue weighted by Gasteiger charge is 2.23. The fourth-order valence-corrected chi connectivity index (χ4v) is 2.60. The molecule has 1 heterocycles. The highest BCUT2D eigenvalue weighted by atomic mass is 127. The van der Waals surface area contributed by atoms with Crippen LogP contribution in [0.25, 0.3) is 0 Å². The zero-order chi connectivity index (χ0) is 14.4. The van der Waals surface area contributed by atoms with Crippen molar-refractivity contribution in [3.8, 4) is 0 Å². The van der Waals surface area contributed by atoms with Gasteiger partial charge < -0.3 is 15.5 Å². The van der Waals surface area contributed by atoms with Gasteiger partial charge in [0.05, 0.1) is 6.54 Å². The van der Waals surface area contributed by atoms with Gasteiger partial charge in [0.2, 0.25) is 0 Å². The number of likely N-dealkylation sites (N-methyl/N-ethyl adjacent to an activating group) is 1. The summed E-state index contributed by atoms with van der Waals surface area (Å²) in [4.78, 5) is 9.83. The molecule has 6 heteroatoms.